The van der Waals surface area contributed by atoms with Crippen LogP contribution in [0, 0.1) is 0 Å². The van der Waals surface area contributed by atoms with Crippen LogP contribution in [-0.4, -0.2) is 14.7 Å². The van der Waals surface area contributed by atoms with E-state index >= 15 is 0 Å². The van der Waals surface area contributed by atoms with Gasteiger partial charge in [-0.25, -0.2) is 0 Å². The van der Waals surface area contributed by atoms with E-state index in [1.807, 2.05) is 0 Å². The predicted molar refractivity (Wildman–Crippen MR) is 42.0 cm³/mol. The molecule has 0 radical (unpaired) electrons. The third kappa shape index (κ3) is 3.30. The van der Waals surface area contributed by atoms with Crippen LogP contribution < -0.4 is 4.52 Å². The maximum atomic E-state index is 8.50. The molecule has 1 aromatic carbocycles. The van der Waals surface area contributed by atoms with E-state index < -0.39 is 8.17 Å². The Kier molecular flexibility index (Phi) is 2.42. The van der Waals surface area contributed by atoms with Gasteiger partial charge in [0.2, 0.25) is 0 Å². The van der Waals surface area contributed by atoms with Gasteiger partial charge in [-0.15, -0.1) is 0 Å². The van der Waals surface area contributed by atoms with Gasteiger partial charge in [0.15, 0.2) is 0 Å². The Hall–Kier alpha value is -0.670. The molecule has 0 aliphatic rings. The van der Waals surface area contributed by atoms with Crippen LogP contribution in [-0.2, 0) is 0 Å². The summed E-state index contributed by atoms with van der Waals surface area (Å²) in [5.41, 5.74) is 0. The van der Waals surface area contributed by atoms with Crippen LogP contribution in [0.25, 0.3) is 0 Å². The molecule has 0 bridgehead atoms. The summed E-state index contributed by atoms with van der Waals surface area (Å²) in [6.07, 6.45) is 0. The molecular weight excluding hydrogens is 167 g/mol. The molecule has 4 nitrogen and oxygen atoms in total. The van der Waals surface area contributed by atoms with Crippen LogP contribution in [0.5, 0.6) is 5.75 Å². The summed E-state index contributed by atoms with van der Waals surface area (Å²) in [4.78, 5) is 25.5. The summed E-state index contributed by atoms with van der Waals surface area (Å²) < 4.78 is 4.41. The van der Waals surface area contributed by atoms with Crippen molar-refractivity contribution in [3.05, 3.63) is 30.3 Å². The van der Waals surface area contributed by atoms with Gasteiger partial charge in [-0.3, -0.25) is 0 Å². The zero-order chi connectivity index (χ0) is 8.32. The van der Waals surface area contributed by atoms with Crippen molar-refractivity contribution in [2.24, 2.45) is 0 Å². The minimum absolute atomic E-state index is 0.242. The molecule has 0 amide bonds. The number of hydrogen-bond donors (Lipinski definition) is 3. The molecule has 0 aliphatic heterocycles. The van der Waals surface area contributed by atoms with E-state index in [1.54, 1.807) is 18.2 Å². The summed E-state index contributed by atoms with van der Waals surface area (Å²) in [6.45, 7) is 0. The molecular formula is C6H9O4P. The van der Waals surface area contributed by atoms with E-state index in [9.17, 15) is 0 Å². The fourth-order valence-corrected chi connectivity index (χ4v) is 1.10. The minimum atomic E-state index is -4.40. The molecule has 0 aliphatic carbocycles. The molecule has 0 saturated carbocycles. The van der Waals surface area contributed by atoms with Gasteiger partial charge in [-0.05, 0) is 0 Å². The first kappa shape index (κ1) is 8.43. The Bertz CT molecular complexity index is 218. The first-order valence-corrected chi connectivity index (χ1v) is 4.74. The van der Waals surface area contributed by atoms with Crippen LogP contribution in [0.2, 0.25) is 0 Å². The zero-order valence-corrected chi connectivity index (χ0v) is 6.64. The number of rotatable bonds is 2. The second-order valence-electron chi connectivity index (χ2n) is 1.99. The van der Waals surface area contributed by atoms with Crippen molar-refractivity contribution in [3.8, 4) is 5.75 Å². The molecule has 1 rings (SSSR count). The van der Waals surface area contributed by atoms with Gasteiger partial charge in [0, 0.05) is 0 Å². The molecule has 62 valence electrons. The first-order valence-electron chi connectivity index (χ1n) is 2.99. The molecule has 1 aromatic rings. The van der Waals surface area contributed by atoms with Gasteiger partial charge in [0.1, 0.15) is 0 Å². The van der Waals surface area contributed by atoms with E-state index in [-0.39, 0.29) is 5.75 Å². The quantitative estimate of drug-likeness (QED) is 0.572. The van der Waals surface area contributed by atoms with Gasteiger partial charge < -0.3 is 0 Å². The van der Waals surface area contributed by atoms with E-state index in [2.05, 4.69) is 4.52 Å². The molecule has 0 atom stereocenters. The van der Waals surface area contributed by atoms with Crippen molar-refractivity contribution in [2.45, 2.75) is 0 Å². The molecule has 3 N–H and O–H groups in total. The Morgan fingerprint density at radius 1 is 1.00 bits per heavy atom. The second kappa shape index (κ2) is 3.15. The van der Waals surface area contributed by atoms with Gasteiger partial charge in [0.25, 0.3) is 0 Å². The standard InChI is InChI=1S/C6H9O4P/c7-11(8,9)10-6-4-2-1-3-5-6/h1-5,7-9,11H. The summed E-state index contributed by atoms with van der Waals surface area (Å²) in [6, 6.07) is 8.11. The third-order valence-electron chi connectivity index (χ3n) is 0.998. The average molecular weight is 176 g/mol. The third-order valence-corrected chi connectivity index (χ3v) is 1.51. The Morgan fingerprint density at radius 3 is 2.00 bits per heavy atom. The van der Waals surface area contributed by atoms with Gasteiger partial charge >= 0.3 is 63.5 Å². The number of benzene rings is 1. The fraction of sp³-hybridized carbons (Fsp3) is 0. The van der Waals surface area contributed by atoms with E-state index in [0.29, 0.717) is 0 Å². The van der Waals surface area contributed by atoms with Crippen molar-refractivity contribution >= 4 is 8.17 Å². The van der Waals surface area contributed by atoms with Crippen LogP contribution in [0.4, 0.5) is 0 Å². The van der Waals surface area contributed by atoms with Crippen molar-refractivity contribution < 1.29 is 19.2 Å². The Labute approximate surface area is 64.4 Å². The van der Waals surface area contributed by atoms with Gasteiger partial charge in [-0.1, -0.05) is 0 Å². The monoisotopic (exact) mass is 176 g/mol. The molecule has 0 spiro atoms. The Balaban J connectivity index is 2.66. The van der Waals surface area contributed by atoms with Crippen LogP contribution in [0.15, 0.2) is 30.3 Å². The summed E-state index contributed by atoms with van der Waals surface area (Å²) in [5, 5.41) is 0. The molecule has 0 heterocycles. The van der Waals surface area contributed by atoms with E-state index in [1.165, 1.54) is 12.1 Å². The van der Waals surface area contributed by atoms with Crippen molar-refractivity contribution in [3.63, 3.8) is 0 Å². The Morgan fingerprint density at radius 2 is 1.55 bits per heavy atom. The SMILES string of the molecule is O[PH](O)(O)Oc1ccccc1. The predicted octanol–water partition coefficient (Wildman–Crippen LogP) is 0.452. The van der Waals surface area contributed by atoms with Crippen molar-refractivity contribution in [2.75, 3.05) is 0 Å². The van der Waals surface area contributed by atoms with Gasteiger partial charge in [0.05, 0.1) is 0 Å². The molecule has 5 heteroatoms. The topological polar surface area (TPSA) is 69.9 Å². The maximum absolute atomic E-state index is 8.50. The average Bonchev–Trinajstić information content (AvgIpc) is 1.85. The number of para-hydroxylation sites is 1. The zero-order valence-electron chi connectivity index (χ0n) is 5.64. The fourth-order valence-electron chi connectivity index (χ4n) is 0.647. The van der Waals surface area contributed by atoms with Crippen molar-refractivity contribution in [1.82, 2.24) is 0 Å². The first-order chi connectivity index (χ1) is 5.08. The van der Waals surface area contributed by atoms with Crippen LogP contribution >= 0.6 is 8.17 Å². The second-order valence-corrected chi connectivity index (χ2v) is 3.34. The number of hydrogen-bond acceptors (Lipinski definition) is 4. The molecule has 0 unspecified atom stereocenters. The summed E-state index contributed by atoms with van der Waals surface area (Å²) >= 11 is 0. The summed E-state index contributed by atoms with van der Waals surface area (Å²) in [5.74, 6) is 0.242. The molecule has 0 saturated heterocycles. The van der Waals surface area contributed by atoms with Crippen LogP contribution in [0.3, 0.4) is 0 Å². The van der Waals surface area contributed by atoms with Gasteiger partial charge in [-0.2, -0.15) is 0 Å². The molecule has 0 fully saturated rings. The molecule has 0 aromatic heterocycles. The van der Waals surface area contributed by atoms with Crippen LogP contribution in [0.1, 0.15) is 0 Å². The summed E-state index contributed by atoms with van der Waals surface area (Å²) in [7, 11) is -4.40. The van der Waals surface area contributed by atoms with Crippen molar-refractivity contribution in [1.29, 1.82) is 0 Å². The normalized spacial score (nSPS) is 12.6. The van der Waals surface area contributed by atoms with E-state index in [4.69, 9.17) is 14.7 Å². The van der Waals surface area contributed by atoms with E-state index in [0.717, 1.165) is 0 Å². The molecule has 11 heavy (non-hydrogen) atoms.